The first-order valence-electron chi connectivity index (χ1n) is 13.1. The van der Waals surface area contributed by atoms with Gasteiger partial charge in [0.05, 0.1) is 0 Å². The molecule has 0 unspecified atom stereocenters. The Morgan fingerprint density at radius 2 is 1.30 bits per heavy atom. The van der Waals surface area contributed by atoms with E-state index in [4.69, 9.17) is 27.4 Å². The molecule has 3 nitrogen and oxygen atoms in total. The Hall–Kier alpha value is -1.70. The van der Waals surface area contributed by atoms with Gasteiger partial charge in [-0.1, -0.05) is 0 Å². The summed E-state index contributed by atoms with van der Waals surface area (Å²) < 4.78 is 13.8. The zero-order valence-electron chi connectivity index (χ0n) is 20.9. The standard InChI is InChI=1S/C31H32Cl2O3Te/c1-31(25-16-21-15-22(18-25)19-26(31)17-21)36-30(34)20-35-27-9-13-29(14-10-27)37(32,33)28-11-7-24(8-12-28)23-5-3-2-4-6-23/h2-14,21-22,25-26H,15-20H2,1H3. The summed E-state index contributed by atoms with van der Waals surface area (Å²) in [6, 6.07) is 26.0. The van der Waals surface area contributed by atoms with E-state index in [1.165, 1.54) is 32.1 Å². The van der Waals surface area contributed by atoms with Gasteiger partial charge in [-0.05, 0) is 6.42 Å². The molecule has 0 aromatic heterocycles. The van der Waals surface area contributed by atoms with Crippen molar-refractivity contribution in [2.24, 2.45) is 23.7 Å². The van der Waals surface area contributed by atoms with E-state index in [2.05, 4.69) is 31.2 Å². The van der Waals surface area contributed by atoms with Gasteiger partial charge in [0.25, 0.3) is 0 Å². The Balaban J connectivity index is 1.07. The van der Waals surface area contributed by atoms with E-state index in [0.717, 1.165) is 30.2 Å². The fraction of sp³-hybridized carbons (Fsp3) is 0.387. The van der Waals surface area contributed by atoms with Gasteiger partial charge in [-0.15, -0.1) is 0 Å². The topological polar surface area (TPSA) is 35.5 Å². The quantitative estimate of drug-likeness (QED) is 0.216. The van der Waals surface area contributed by atoms with Crippen molar-refractivity contribution < 1.29 is 14.3 Å². The molecule has 0 radical (unpaired) electrons. The van der Waals surface area contributed by atoms with Gasteiger partial charge in [-0.2, -0.15) is 0 Å². The van der Waals surface area contributed by atoms with Crippen LogP contribution in [0, 0.1) is 23.7 Å². The zero-order valence-corrected chi connectivity index (χ0v) is 24.8. The van der Waals surface area contributed by atoms with Crippen LogP contribution in [0.25, 0.3) is 11.1 Å². The van der Waals surface area contributed by atoms with E-state index in [9.17, 15) is 4.79 Å². The van der Waals surface area contributed by atoms with E-state index in [1.54, 1.807) is 0 Å². The molecule has 0 heterocycles. The van der Waals surface area contributed by atoms with Crippen LogP contribution in [0.3, 0.4) is 0 Å². The maximum absolute atomic E-state index is 12.8. The Bertz CT molecular complexity index is 1230. The molecule has 37 heavy (non-hydrogen) atoms. The summed E-state index contributed by atoms with van der Waals surface area (Å²) in [5, 5.41) is 0. The van der Waals surface area contributed by atoms with Gasteiger partial charge >= 0.3 is 226 Å². The number of benzene rings is 3. The molecule has 7 rings (SSSR count). The summed E-state index contributed by atoms with van der Waals surface area (Å²) in [5.41, 5.74) is 1.96. The van der Waals surface area contributed by atoms with Gasteiger partial charge < -0.3 is 0 Å². The summed E-state index contributed by atoms with van der Waals surface area (Å²) in [5.74, 6) is 3.02. The van der Waals surface area contributed by atoms with Crippen molar-refractivity contribution in [1.82, 2.24) is 0 Å². The molecule has 4 fully saturated rings. The molecule has 0 spiro atoms. The first kappa shape index (κ1) is 25.6. The normalized spacial score (nSPS) is 28.6. The maximum atomic E-state index is 12.8. The third kappa shape index (κ3) is 5.04. The molecule has 4 aliphatic carbocycles. The zero-order chi connectivity index (χ0) is 25.6. The van der Waals surface area contributed by atoms with Crippen LogP contribution in [0.2, 0.25) is 0 Å². The molecule has 0 amide bonds. The number of esters is 1. The van der Waals surface area contributed by atoms with Crippen LogP contribution in [-0.2, 0) is 9.53 Å². The van der Waals surface area contributed by atoms with Crippen LogP contribution in [-0.4, -0.2) is 34.1 Å². The van der Waals surface area contributed by atoms with Crippen LogP contribution in [0.5, 0.6) is 5.75 Å². The van der Waals surface area contributed by atoms with Gasteiger partial charge in [0, 0.05) is 0 Å². The molecule has 3 aromatic carbocycles. The van der Waals surface area contributed by atoms with Crippen molar-refractivity contribution in [2.45, 2.75) is 44.6 Å². The average molecular weight is 651 g/mol. The van der Waals surface area contributed by atoms with E-state index in [0.29, 0.717) is 17.6 Å². The summed E-state index contributed by atoms with van der Waals surface area (Å²) in [7, 11) is 14.0. The van der Waals surface area contributed by atoms with E-state index < -0.39 is 15.9 Å². The number of carbonyl (C=O) groups excluding carboxylic acids is 1. The van der Waals surface area contributed by atoms with E-state index >= 15 is 0 Å². The molecule has 0 aliphatic heterocycles. The number of hydrogen-bond donors (Lipinski definition) is 0. The van der Waals surface area contributed by atoms with Crippen molar-refractivity contribution in [3.8, 4) is 16.9 Å². The third-order valence-electron chi connectivity index (χ3n) is 8.83. The fourth-order valence-electron chi connectivity index (χ4n) is 7.00. The van der Waals surface area contributed by atoms with Gasteiger partial charge in [0.15, 0.2) is 0 Å². The van der Waals surface area contributed by atoms with Crippen molar-refractivity contribution >= 4 is 47.1 Å². The van der Waals surface area contributed by atoms with Gasteiger partial charge in [-0.3, -0.25) is 0 Å². The second-order valence-corrected chi connectivity index (χ2v) is 23.7. The van der Waals surface area contributed by atoms with Crippen LogP contribution in [0.15, 0.2) is 78.9 Å². The number of carbonyl (C=O) groups is 1. The molecule has 194 valence electrons. The molecule has 6 heteroatoms. The van der Waals surface area contributed by atoms with Crippen molar-refractivity contribution in [2.75, 3.05) is 6.61 Å². The van der Waals surface area contributed by atoms with Gasteiger partial charge in [0.2, 0.25) is 0 Å². The molecule has 0 atom stereocenters. The molecule has 4 aliphatic rings. The van der Waals surface area contributed by atoms with Crippen LogP contribution < -0.4 is 12.0 Å². The average Bonchev–Trinajstić information content (AvgIpc) is 2.91. The minimum atomic E-state index is -3.53. The van der Waals surface area contributed by atoms with E-state index in [1.807, 2.05) is 54.6 Å². The summed E-state index contributed by atoms with van der Waals surface area (Å²) in [6.45, 7) is 2.07. The second kappa shape index (κ2) is 10.1. The van der Waals surface area contributed by atoms with Crippen LogP contribution in [0.1, 0.15) is 39.0 Å². The predicted molar refractivity (Wildman–Crippen MR) is 152 cm³/mol. The minimum absolute atomic E-state index is 0.0866. The van der Waals surface area contributed by atoms with Crippen LogP contribution >= 0.6 is 17.9 Å². The Morgan fingerprint density at radius 3 is 1.86 bits per heavy atom. The molecular formula is C31H32Cl2O3Te. The molecule has 4 saturated carbocycles. The van der Waals surface area contributed by atoms with E-state index in [-0.39, 0.29) is 18.2 Å². The van der Waals surface area contributed by atoms with Crippen LogP contribution in [0.4, 0.5) is 0 Å². The summed E-state index contributed by atoms with van der Waals surface area (Å²) >= 11 is -3.53. The first-order chi connectivity index (χ1) is 17.8. The number of hydrogen-bond acceptors (Lipinski definition) is 3. The van der Waals surface area contributed by atoms with Crippen molar-refractivity contribution in [3.63, 3.8) is 0 Å². The first-order valence-corrected chi connectivity index (χ1v) is 21.4. The Labute approximate surface area is 230 Å². The summed E-state index contributed by atoms with van der Waals surface area (Å²) in [4.78, 5) is 12.8. The van der Waals surface area contributed by atoms with Gasteiger partial charge in [-0.25, -0.2) is 0 Å². The molecule has 0 N–H and O–H groups in total. The number of halogens is 2. The fourth-order valence-corrected chi connectivity index (χ4v) is 13.3. The third-order valence-corrected chi connectivity index (χ3v) is 18.5. The predicted octanol–water partition coefficient (Wildman–Crippen LogP) is 6.52. The monoisotopic (exact) mass is 652 g/mol. The molecule has 0 saturated heterocycles. The Morgan fingerprint density at radius 1 is 0.784 bits per heavy atom. The number of rotatable bonds is 7. The summed E-state index contributed by atoms with van der Waals surface area (Å²) in [6.07, 6.45) is 6.21. The Kier molecular flexibility index (Phi) is 7.00. The SMILES string of the molecule is CC1(OC(=O)COc2ccc([Te](Cl)(Cl)c3ccc(-c4ccccc4)cc3)cc2)C2CC3CC(C2)CC1C3. The number of ether oxygens (including phenoxy) is 2. The van der Waals surface area contributed by atoms with Crippen molar-refractivity contribution in [3.05, 3.63) is 78.9 Å². The molecule has 4 bridgehead atoms. The molecular weight excluding hydrogens is 619 g/mol. The van der Waals surface area contributed by atoms with Gasteiger partial charge in [0.1, 0.15) is 0 Å². The second-order valence-electron chi connectivity index (χ2n) is 11.1. The molecule has 3 aromatic rings. The van der Waals surface area contributed by atoms with Crippen molar-refractivity contribution in [1.29, 1.82) is 0 Å².